The Kier molecular flexibility index (Phi) is 4.37. The largest absolute Gasteiger partial charge is 0.370 e. The zero-order valence-corrected chi connectivity index (χ0v) is 12.4. The Balaban J connectivity index is 2.21. The van der Waals surface area contributed by atoms with Crippen LogP contribution in [0.2, 0.25) is 0 Å². The van der Waals surface area contributed by atoms with Gasteiger partial charge in [0.05, 0.1) is 12.2 Å². The molecule has 0 amide bonds. The van der Waals surface area contributed by atoms with Crippen molar-refractivity contribution in [2.24, 2.45) is 0 Å². The van der Waals surface area contributed by atoms with Crippen molar-refractivity contribution in [2.45, 2.75) is 33.7 Å². The summed E-state index contributed by atoms with van der Waals surface area (Å²) >= 11 is 1.30. The van der Waals surface area contributed by atoms with Crippen molar-refractivity contribution in [3.05, 3.63) is 44.1 Å². The fraction of sp³-hybridized carbons (Fsp3) is 0.429. The number of nitrogens with one attached hydrogen (secondary N) is 1. The molecular weight excluding hydrogens is 258 g/mol. The summed E-state index contributed by atoms with van der Waals surface area (Å²) in [7, 11) is 0. The minimum atomic E-state index is 0.0868. The fourth-order valence-corrected chi connectivity index (χ4v) is 2.68. The van der Waals surface area contributed by atoms with E-state index in [1.807, 2.05) is 32.0 Å². The topological polar surface area (TPSA) is 46.9 Å². The first kappa shape index (κ1) is 13.8. The van der Waals surface area contributed by atoms with Gasteiger partial charge in [-0.1, -0.05) is 24.3 Å². The van der Waals surface area contributed by atoms with Gasteiger partial charge in [0.1, 0.15) is 5.82 Å². The van der Waals surface area contributed by atoms with Crippen molar-refractivity contribution >= 4 is 17.2 Å². The van der Waals surface area contributed by atoms with Crippen LogP contribution >= 0.6 is 11.3 Å². The van der Waals surface area contributed by atoms with Gasteiger partial charge in [-0.25, -0.2) is 4.98 Å². The van der Waals surface area contributed by atoms with E-state index in [1.54, 1.807) is 4.57 Å². The Labute approximate surface area is 117 Å². The second-order valence-corrected chi connectivity index (χ2v) is 5.70. The first-order chi connectivity index (χ1) is 9.11. The molecule has 0 aliphatic carbocycles. The summed E-state index contributed by atoms with van der Waals surface area (Å²) in [5.74, 6) is 0.872. The van der Waals surface area contributed by atoms with E-state index < -0.39 is 0 Å². The van der Waals surface area contributed by atoms with Gasteiger partial charge in [0.25, 0.3) is 0 Å². The molecule has 0 aliphatic heterocycles. The third-order valence-corrected chi connectivity index (χ3v) is 4.05. The minimum absolute atomic E-state index is 0.0868. The van der Waals surface area contributed by atoms with Crippen molar-refractivity contribution in [3.63, 3.8) is 0 Å². The van der Waals surface area contributed by atoms with E-state index in [2.05, 4.69) is 17.2 Å². The van der Waals surface area contributed by atoms with E-state index in [9.17, 15) is 4.79 Å². The Morgan fingerprint density at radius 1 is 1.37 bits per heavy atom. The maximum atomic E-state index is 11.9. The number of hydrogen-bond acceptors (Lipinski definition) is 4. The summed E-state index contributed by atoms with van der Waals surface area (Å²) in [4.78, 5) is 17.6. The van der Waals surface area contributed by atoms with Crippen molar-refractivity contribution in [2.75, 3.05) is 11.9 Å². The van der Waals surface area contributed by atoms with Crippen LogP contribution in [0.3, 0.4) is 0 Å². The molecule has 0 fully saturated rings. The molecule has 0 bridgehead atoms. The highest BCUT2D eigenvalue weighted by molar-refractivity contribution is 7.09. The van der Waals surface area contributed by atoms with Gasteiger partial charge in [0.15, 0.2) is 0 Å². The highest BCUT2D eigenvalue weighted by Gasteiger charge is 2.08. The normalized spacial score (nSPS) is 10.7. The van der Waals surface area contributed by atoms with Gasteiger partial charge < -0.3 is 5.32 Å². The average molecular weight is 277 g/mol. The van der Waals surface area contributed by atoms with Gasteiger partial charge in [0, 0.05) is 17.1 Å². The number of aryl methyl sites for hydroxylation is 1. The Morgan fingerprint density at radius 2 is 2.16 bits per heavy atom. The molecule has 2 aromatic rings. The van der Waals surface area contributed by atoms with Crippen LogP contribution < -0.4 is 10.2 Å². The minimum Gasteiger partial charge on any atom is -0.370 e. The van der Waals surface area contributed by atoms with Crippen molar-refractivity contribution < 1.29 is 0 Å². The molecule has 0 atom stereocenters. The standard InChI is InChI=1S/C14H19N3OS/c1-4-8-15-13-7-5-6-12(16-13)9-17-10(2)11(3)19-14(17)18/h5-7H,4,8-9H2,1-3H3,(H,15,16). The van der Waals surface area contributed by atoms with Gasteiger partial charge >= 0.3 is 4.87 Å². The number of rotatable bonds is 5. The van der Waals surface area contributed by atoms with Gasteiger partial charge in [-0.15, -0.1) is 0 Å². The van der Waals surface area contributed by atoms with E-state index in [0.717, 1.165) is 35.0 Å². The smallest absolute Gasteiger partial charge is 0.307 e. The monoisotopic (exact) mass is 277 g/mol. The van der Waals surface area contributed by atoms with E-state index in [0.29, 0.717) is 6.54 Å². The van der Waals surface area contributed by atoms with E-state index >= 15 is 0 Å². The van der Waals surface area contributed by atoms with Gasteiger partial charge in [-0.3, -0.25) is 9.36 Å². The van der Waals surface area contributed by atoms with Crippen molar-refractivity contribution in [3.8, 4) is 0 Å². The Hall–Kier alpha value is -1.62. The summed E-state index contributed by atoms with van der Waals surface area (Å²) in [6.07, 6.45) is 1.06. The van der Waals surface area contributed by atoms with Crippen LogP contribution in [0.15, 0.2) is 23.0 Å². The third kappa shape index (κ3) is 3.23. The number of hydrogen-bond donors (Lipinski definition) is 1. The van der Waals surface area contributed by atoms with E-state index in [1.165, 1.54) is 11.3 Å². The molecular formula is C14H19N3OS. The van der Waals surface area contributed by atoms with E-state index in [4.69, 9.17) is 0 Å². The number of anilines is 1. The number of aromatic nitrogens is 2. The Bertz CT molecular complexity index is 615. The number of pyridine rings is 1. The zero-order valence-electron chi connectivity index (χ0n) is 11.6. The third-order valence-electron chi connectivity index (χ3n) is 3.06. The molecule has 0 aromatic carbocycles. The van der Waals surface area contributed by atoms with Gasteiger partial charge in [-0.05, 0) is 32.4 Å². The lowest BCUT2D eigenvalue weighted by molar-refractivity contribution is 0.732. The molecule has 102 valence electrons. The van der Waals surface area contributed by atoms with Crippen LogP contribution in [-0.4, -0.2) is 16.1 Å². The molecule has 2 heterocycles. The highest BCUT2D eigenvalue weighted by atomic mass is 32.1. The first-order valence-electron chi connectivity index (χ1n) is 6.48. The lowest BCUT2D eigenvalue weighted by atomic mass is 10.3. The molecule has 0 saturated carbocycles. The molecule has 0 spiro atoms. The molecule has 0 unspecified atom stereocenters. The van der Waals surface area contributed by atoms with Gasteiger partial charge in [-0.2, -0.15) is 0 Å². The summed E-state index contributed by atoms with van der Waals surface area (Å²) in [6, 6.07) is 5.88. The van der Waals surface area contributed by atoms with Crippen LogP contribution in [-0.2, 0) is 6.54 Å². The Morgan fingerprint density at radius 3 is 2.79 bits per heavy atom. The quantitative estimate of drug-likeness (QED) is 0.914. The summed E-state index contributed by atoms with van der Waals surface area (Å²) in [6.45, 7) is 7.52. The summed E-state index contributed by atoms with van der Waals surface area (Å²) < 4.78 is 1.78. The lowest BCUT2D eigenvalue weighted by Crippen LogP contribution is -2.16. The molecule has 4 nitrogen and oxygen atoms in total. The number of nitrogens with zero attached hydrogens (tertiary/aromatic N) is 2. The van der Waals surface area contributed by atoms with Crippen LogP contribution in [0.1, 0.15) is 29.6 Å². The van der Waals surface area contributed by atoms with Crippen LogP contribution in [0.25, 0.3) is 0 Å². The van der Waals surface area contributed by atoms with Crippen LogP contribution in [0.5, 0.6) is 0 Å². The second-order valence-electron chi connectivity index (χ2n) is 4.54. The molecule has 2 rings (SSSR count). The van der Waals surface area contributed by atoms with Crippen LogP contribution in [0.4, 0.5) is 5.82 Å². The predicted octanol–water partition coefficient (Wildman–Crippen LogP) is 2.79. The molecule has 0 radical (unpaired) electrons. The lowest BCUT2D eigenvalue weighted by Gasteiger charge is -2.08. The van der Waals surface area contributed by atoms with Gasteiger partial charge in [0.2, 0.25) is 0 Å². The highest BCUT2D eigenvalue weighted by Crippen LogP contribution is 2.12. The summed E-state index contributed by atoms with van der Waals surface area (Å²) in [5, 5.41) is 3.26. The molecule has 5 heteroatoms. The second kappa shape index (κ2) is 6.02. The maximum Gasteiger partial charge on any atom is 0.307 e. The van der Waals surface area contributed by atoms with Crippen molar-refractivity contribution in [1.29, 1.82) is 0 Å². The average Bonchev–Trinajstić information content (AvgIpc) is 2.64. The molecule has 0 aliphatic rings. The summed E-state index contributed by atoms with van der Waals surface area (Å²) in [5.41, 5.74) is 1.94. The van der Waals surface area contributed by atoms with Crippen LogP contribution in [0, 0.1) is 13.8 Å². The maximum absolute atomic E-state index is 11.9. The predicted molar refractivity (Wildman–Crippen MR) is 80.2 cm³/mol. The number of thiazole rings is 1. The SMILES string of the molecule is CCCNc1cccc(Cn2c(C)c(C)sc2=O)n1. The fourth-order valence-electron chi connectivity index (χ4n) is 1.85. The molecule has 1 N–H and O–H groups in total. The first-order valence-corrected chi connectivity index (χ1v) is 7.30. The molecule has 0 saturated heterocycles. The van der Waals surface area contributed by atoms with E-state index in [-0.39, 0.29) is 4.87 Å². The van der Waals surface area contributed by atoms with Crippen molar-refractivity contribution in [1.82, 2.24) is 9.55 Å². The zero-order chi connectivity index (χ0) is 13.8. The molecule has 2 aromatic heterocycles. The molecule has 19 heavy (non-hydrogen) atoms.